The maximum atomic E-state index is 6.23. The van der Waals surface area contributed by atoms with Gasteiger partial charge in [-0.3, -0.25) is 0 Å². The standard InChI is InChI=1S/C17H14Cl2N4O/c1-24-12-5-3-11(4-6-12)21-16-9-15(22-17(20)23-16)13-8-10(18)2-7-14(13)19/h2-9H,1H3,(H3,20,21,22,23). The van der Waals surface area contributed by atoms with Crippen LogP contribution >= 0.6 is 23.2 Å². The molecule has 0 unspecified atom stereocenters. The SMILES string of the molecule is COc1ccc(Nc2cc(-c3cc(Cl)ccc3Cl)nc(N)n2)cc1. The lowest BCUT2D eigenvalue weighted by Gasteiger charge is -2.10. The van der Waals surface area contributed by atoms with Crippen molar-refractivity contribution >= 4 is 40.7 Å². The molecule has 0 spiro atoms. The van der Waals surface area contributed by atoms with Crippen molar-refractivity contribution in [2.75, 3.05) is 18.2 Å². The maximum Gasteiger partial charge on any atom is 0.222 e. The summed E-state index contributed by atoms with van der Waals surface area (Å²) < 4.78 is 5.14. The lowest BCUT2D eigenvalue weighted by molar-refractivity contribution is 0.415. The summed E-state index contributed by atoms with van der Waals surface area (Å²) in [6.07, 6.45) is 0. The summed E-state index contributed by atoms with van der Waals surface area (Å²) in [6.45, 7) is 0. The maximum absolute atomic E-state index is 6.23. The van der Waals surface area contributed by atoms with E-state index in [4.69, 9.17) is 33.7 Å². The number of halogens is 2. The van der Waals surface area contributed by atoms with E-state index in [9.17, 15) is 0 Å². The molecule has 3 aromatic rings. The molecular weight excluding hydrogens is 347 g/mol. The zero-order valence-electron chi connectivity index (χ0n) is 12.8. The van der Waals surface area contributed by atoms with E-state index in [2.05, 4.69) is 15.3 Å². The number of benzene rings is 2. The van der Waals surface area contributed by atoms with E-state index in [-0.39, 0.29) is 5.95 Å². The van der Waals surface area contributed by atoms with E-state index >= 15 is 0 Å². The van der Waals surface area contributed by atoms with Gasteiger partial charge in [0.1, 0.15) is 11.6 Å². The Kier molecular flexibility index (Phi) is 4.74. The molecule has 0 aliphatic heterocycles. The van der Waals surface area contributed by atoms with Crippen molar-refractivity contribution in [3.63, 3.8) is 0 Å². The van der Waals surface area contributed by atoms with Gasteiger partial charge in [0.15, 0.2) is 0 Å². The Bertz CT molecular complexity index is 869. The van der Waals surface area contributed by atoms with Gasteiger partial charge in [-0.2, -0.15) is 4.98 Å². The molecular formula is C17H14Cl2N4O. The summed E-state index contributed by atoms with van der Waals surface area (Å²) >= 11 is 12.3. The molecule has 0 saturated carbocycles. The topological polar surface area (TPSA) is 73.1 Å². The molecule has 3 rings (SSSR count). The largest absolute Gasteiger partial charge is 0.497 e. The monoisotopic (exact) mass is 360 g/mol. The minimum atomic E-state index is 0.138. The van der Waals surface area contributed by atoms with Gasteiger partial charge in [-0.05, 0) is 42.5 Å². The molecule has 5 nitrogen and oxygen atoms in total. The zero-order valence-corrected chi connectivity index (χ0v) is 14.3. The average molecular weight is 361 g/mol. The summed E-state index contributed by atoms with van der Waals surface area (Å²) in [5.74, 6) is 1.47. The molecule has 7 heteroatoms. The molecule has 122 valence electrons. The molecule has 0 atom stereocenters. The molecule has 3 N–H and O–H groups in total. The minimum Gasteiger partial charge on any atom is -0.497 e. The van der Waals surface area contributed by atoms with Gasteiger partial charge >= 0.3 is 0 Å². The Morgan fingerprint density at radius 3 is 2.46 bits per heavy atom. The second-order valence-corrected chi connectivity index (χ2v) is 5.82. The van der Waals surface area contributed by atoms with Gasteiger partial charge in [0, 0.05) is 22.3 Å². The van der Waals surface area contributed by atoms with E-state index in [1.165, 1.54) is 0 Å². The third-order valence-electron chi connectivity index (χ3n) is 3.31. The number of rotatable bonds is 4. The highest BCUT2D eigenvalue weighted by atomic mass is 35.5. The van der Waals surface area contributed by atoms with Gasteiger partial charge in [-0.15, -0.1) is 0 Å². The van der Waals surface area contributed by atoms with E-state index in [1.807, 2.05) is 24.3 Å². The molecule has 0 fully saturated rings. The highest BCUT2D eigenvalue weighted by molar-refractivity contribution is 6.35. The van der Waals surface area contributed by atoms with Crippen molar-refractivity contribution in [2.45, 2.75) is 0 Å². The van der Waals surface area contributed by atoms with Crippen molar-refractivity contribution in [3.05, 3.63) is 58.6 Å². The smallest absolute Gasteiger partial charge is 0.222 e. The number of methoxy groups -OCH3 is 1. The fourth-order valence-electron chi connectivity index (χ4n) is 2.18. The first-order valence-corrected chi connectivity index (χ1v) is 7.82. The number of hydrogen-bond acceptors (Lipinski definition) is 5. The number of nitrogens with one attached hydrogen (secondary N) is 1. The molecule has 0 amide bonds. The van der Waals surface area contributed by atoms with Crippen LogP contribution in [0.4, 0.5) is 17.5 Å². The Labute approximate surface area is 149 Å². The molecule has 0 aliphatic carbocycles. The van der Waals surface area contributed by atoms with Crippen LogP contribution in [0.1, 0.15) is 0 Å². The van der Waals surface area contributed by atoms with Crippen molar-refractivity contribution < 1.29 is 4.74 Å². The molecule has 2 aromatic carbocycles. The quantitative estimate of drug-likeness (QED) is 0.699. The third-order valence-corrected chi connectivity index (χ3v) is 3.87. The first-order valence-electron chi connectivity index (χ1n) is 7.06. The van der Waals surface area contributed by atoms with Crippen LogP contribution in [-0.2, 0) is 0 Å². The number of nitrogens with two attached hydrogens (primary N) is 1. The second-order valence-electron chi connectivity index (χ2n) is 4.97. The molecule has 0 saturated heterocycles. The van der Waals surface area contributed by atoms with Gasteiger partial charge in [-0.1, -0.05) is 23.2 Å². The van der Waals surface area contributed by atoms with Crippen LogP contribution in [0.15, 0.2) is 48.5 Å². The summed E-state index contributed by atoms with van der Waals surface area (Å²) in [5.41, 5.74) is 7.95. The van der Waals surface area contributed by atoms with Gasteiger partial charge in [0.25, 0.3) is 0 Å². The second kappa shape index (κ2) is 6.95. The van der Waals surface area contributed by atoms with Crippen molar-refractivity contribution in [3.8, 4) is 17.0 Å². The molecule has 24 heavy (non-hydrogen) atoms. The number of anilines is 3. The first-order chi connectivity index (χ1) is 11.5. The van der Waals surface area contributed by atoms with Crippen LogP contribution in [0, 0.1) is 0 Å². The van der Waals surface area contributed by atoms with Gasteiger partial charge in [0.2, 0.25) is 5.95 Å². The predicted octanol–water partition coefficient (Wildman–Crippen LogP) is 4.78. The van der Waals surface area contributed by atoms with Crippen LogP contribution in [0.5, 0.6) is 5.75 Å². The van der Waals surface area contributed by atoms with Crippen molar-refractivity contribution in [1.82, 2.24) is 9.97 Å². The molecule has 0 bridgehead atoms. The summed E-state index contributed by atoms with van der Waals surface area (Å²) in [5, 5.41) is 4.28. The lowest BCUT2D eigenvalue weighted by atomic mass is 10.1. The van der Waals surface area contributed by atoms with Gasteiger partial charge in [0.05, 0.1) is 17.8 Å². The fourth-order valence-corrected chi connectivity index (χ4v) is 2.57. The molecule has 0 aliphatic rings. The third kappa shape index (κ3) is 3.69. The average Bonchev–Trinajstić information content (AvgIpc) is 2.57. The van der Waals surface area contributed by atoms with E-state index < -0.39 is 0 Å². The predicted molar refractivity (Wildman–Crippen MR) is 98.2 cm³/mol. The van der Waals surface area contributed by atoms with Crippen LogP contribution in [0.2, 0.25) is 10.0 Å². The van der Waals surface area contributed by atoms with Crippen LogP contribution in [0.3, 0.4) is 0 Å². The summed E-state index contributed by atoms with van der Waals surface area (Å²) in [7, 11) is 1.62. The van der Waals surface area contributed by atoms with Crippen molar-refractivity contribution in [2.24, 2.45) is 0 Å². The summed E-state index contributed by atoms with van der Waals surface area (Å²) in [6, 6.07) is 14.4. The Balaban J connectivity index is 1.95. The molecule has 1 heterocycles. The highest BCUT2D eigenvalue weighted by Gasteiger charge is 2.10. The zero-order chi connectivity index (χ0) is 17.1. The molecule has 0 radical (unpaired) electrons. The van der Waals surface area contributed by atoms with Gasteiger partial charge < -0.3 is 15.8 Å². The number of nitrogens with zero attached hydrogens (tertiary/aromatic N) is 2. The summed E-state index contributed by atoms with van der Waals surface area (Å²) in [4.78, 5) is 8.44. The normalized spacial score (nSPS) is 10.5. The Morgan fingerprint density at radius 2 is 1.75 bits per heavy atom. The number of aromatic nitrogens is 2. The number of nitrogen functional groups attached to an aromatic ring is 1. The first kappa shape index (κ1) is 16.4. The van der Waals surface area contributed by atoms with Crippen molar-refractivity contribution in [1.29, 1.82) is 0 Å². The number of ether oxygens (including phenoxy) is 1. The van der Waals surface area contributed by atoms with Crippen LogP contribution in [0.25, 0.3) is 11.3 Å². The highest BCUT2D eigenvalue weighted by Crippen LogP contribution is 2.31. The minimum absolute atomic E-state index is 0.138. The van der Waals surface area contributed by atoms with Crippen LogP contribution < -0.4 is 15.8 Å². The number of hydrogen-bond donors (Lipinski definition) is 2. The van der Waals surface area contributed by atoms with E-state index in [0.717, 1.165) is 11.4 Å². The Hall–Kier alpha value is -2.50. The van der Waals surface area contributed by atoms with E-state index in [1.54, 1.807) is 31.4 Å². The van der Waals surface area contributed by atoms with Gasteiger partial charge in [-0.25, -0.2) is 4.98 Å². The Morgan fingerprint density at radius 1 is 1.00 bits per heavy atom. The van der Waals surface area contributed by atoms with E-state index in [0.29, 0.717) is 27.1 Å². The fraction of sp³-hybridized carbons (Fsp3) is 0.0588. The molecule has 1 aromatic heterocycles. The lowest BCUT2D eigenvalue weighted by Crippen LogP contribution is -2.01. The van der Waals surface area contributed by atoms with Crippen LogP contribution in [-0.4, -0.2) is 17.1 Å².